The summed E-state index contributed by atoms with van der Waals surface area (Å²) in [6.07, 6.45) is 6.82. The fraction of sp³-hybridized carbons (Fsp3) is 0.448. The van der Waals surface area contributed by atoms with Crippen molar-refractivity contribution in [3.63, 3.8) is 0 Å². The Labute approximate surface area is 223 Å². The third-order valence-electron chi connectivity index (χ3n) is 7.21. The molecule has 2 fully saturated rings. The summed E-state index contributed by atoms with van der Waals surface area (Å²) in [6.45, 7) is 6.25. The summed E-state index contributed by atoms with van der Waals surface area (Å²) in [5.74, 6) is 1.03. The highest BCUT2D eigenvalue weighted by molar-refractivity contribution is 5.73. The highest BCUT2D eigenvalue weighted by Gasteiger charge is 2.42. The molecule has 3 aromatic rings. The summed E-state index contributed by atoms with van der Waals surface area (Å²) < 4.78 is 26.1. The molecule has 0 radical (unpaired) electrons. The molecule has 2 aliphatic heterocycles. The Morgan fingerprint density at radius 2 is 1.79 bits per heavy atom. The predicted octanol–water partition coefficient (Wildman–Crippen LogP) is 3.38. The molecule has 9 heteroatoms. The van der Waals surface area contributed by atoms with E-state index in [9.17, 15) is 4.79 Å². The molecule has 3 heterocycles. The number of rotatable bonds is 10. The third kappa shape index (κ3) is 6.46. The van der Waals surface area contributed by atoms with Crippen LogP contribution < -0.4 is 14.4 Å². The Balaban J connectivity index is 1.15. The first-order valence-electron chi connectivity index (χ1n) is 13.2. The molecule has 5 rings (SSSR count). The summed E-state index contributed by atoms with van der Waals surface area (Å²) in [6, 6.07) is 16.2. The van der Waals surface area contributed by atoms with Gasteiger partial charge in [-0.1, -0.05) is 12.1 Å². The zero-order valence-electron chi connectivity index (χ0n) is 22.1. The SMILES string of the molecule is COc1ccc(CCC2(Cn3ccnc3)OCC(COc3ccc(N4CCN(C(C)=O)CC4)cc3)O2)cc1. The van der Waals surface area contributed by atoms with Gasteiger partial charge in [-0.05, 0) is 48.4 Å². The van der Waals surface area contributed by atoms with Crippen LogP contribution in [0.4, 0.5) is 5.69 Å². The lowest BCUT2D eigenvalue weighted by atomic mass is 10.0. The molecule has 0 bridgehead atoms. The fourth-order valence-corrected chi connectivity index (χ4v) is 5.00. The Morgan fingerprint density at radius 1 is 1.05 bits per heavy atom. The van der Waals surface area contributed by atoms with Crippen molar-refractivity contribution in [1.82, 2.24) is 14.5 Å². The van der Waals surface area contributed by atoms with Crippen LogP contribution in [0.3, 0.4) is 0 Å². The lowest BCUT2D eigenvalue weighted by molar-refractivity contribution is -0.184. The Bertz CT molecular complexity index is 1160. The number of aryl methyl sites for hydroxylation is 1. The van der Waals surface area contributed by atoms with Crippen LogP contribution in [0.5, 0.6) is 11.5 Å². The average molecular weight is 521 g/mol. The van der Waals surface area contributed by atoms with Gasteiger partial charge in [0.05, 0.1) is 26.6 Å². The first-order chi connectivity index (χ1) is 18.5. The van der Waals surface area contributed by atoms with E-state index in [1.807, 2.05) is 39.9 Å². The molecule has 2 saturated heterocycles. The van der Waals surface area contributed by atoms with Gasteiger partial charge in [0.15, 0.2) is 5.79 Å². The van der Waals surface area contributed by atoms with E-state index in [4.69, 9.17) is 18.9 Å². The van der Waals surface area contributed by atoms with Crippen molar-refractivity contribution in [3.8, 4) is 11.5 Å². The minimum absolute atomic E-state index is 0.140. The molecular weight excluding hydrogens is 484 g/mol. The molecule has 1 amide bonds. The second kappa shape index (κ2) is 11.9. The van der Waals surface area contributed by atoms with E-state index in [0.29, 0.717) is 26.2 Å². The second-order valence-corrected chi connectivity index (χ2v) is 9.84. The number of amides is 1. The van der Waals surface area contributed by atoms with E-state index >= 15 is 0 Å². The number of methoxy groups -OCH3 is 1. The smallest absolute Gasteiger partial charge is 0.219 e. The van der Waals surface area contributed by atoms with Crippen molar-refractivity contribution in [2.75, 3.05) is 51.4 Å². The number of aromatic nitrogens is 2. The Morgan fingerprint density at radius 3 is 2.45 bits per heavy atom. The van der Waals surface area contributed by atoms with Crippen molar-refractivity contribution in [1.29, 1.82) is 0 Å². The molecular formula is C29H36N4O5. The molecule has 2 unspecified atom stereocenters. The molecule has 0 spiro atoms. The van der Waals surface area contributed by atoms with Gasteiger partial charge in [-0.3, -0.25) is 4.79 Å². The zero-order chi connectivity index (χ0) is 26.4. The minimum Gasteiger partial charge on any atom is -0.497 e. The number of carbonyl (C=O) groups excluding carboxylic acids is 1. The molecule has 2 aliphatic rings. The fourth-order valence-electron chi connectivity index (χ4n) is 5.00. The van der Waals surface area contributed by atoms with E-state index in [1.54, 1.807) is 26.6 Å². The number of piperazine rings is 1. The molecule has 2 atom stereocenters. The maximum absolute atomic E-state index is 11.6. The van der Waals surface area contributed by atoms with Crippen LogP contribution in [0.2, 0.25) is 0 Å². The predicted molar refractivity (Wildman–Crippen MR) is 144 cm³/mol. The lowest BCUT2D eigenvalue weighted by Gasteiger charge is -2.35. The molecule has 0 saturated carbocycles. The topological polar surface area (TPSA) is 78.3 Å². The first-order valence-corrected chi connectivity index (χ1v) is 13.2. The van der Waals surface area contributed by atoms with Crippen LogP contribution in [0.25, 0.3) is 0 Å². The molecule has 1 aromatic heterocycles. The van der Waals surface area contributed by atoms with E-state index in [0.717, 1.165) is 49.8 Å². The molecule has 0 N–H and O–H groups in total. The number of ether oxygens (including phenoxy) is 4. The van der Waals surface area contributed by atoms with Gasteiger partial charge in [0.25, 0.3) is 0 Å². The van der Waals surface area contributed by atoms with Crippen LogP contribution in [0.15, 0.2) is 67.3 Å². The van der Waals surface area contributed by atoms with Crippen molar-refractivity contribution < 1.29 is 23.7 Å². The summed E-state index contributed by atoms with van der Waals surface area (Å²) in [7, 11) is 1.67. The average Bonchev–Trinajstić information content (AvgIpc) is 3.62. The Kier molecular flexibility index (Phi) is 8.14. The molecule has 38 heavy (non-hydrogen) atoms. The molecule has 202 valence electrons. The number of carbonyl (C=O) groups is 1. The number of hydrogen-bond acceptors (Lipinski definition) is 7. The van der Waals surface area contributed by atoms with Gasteiger partial charge in [0.2, 0.25) is 5.91 Å². The number of imidazole rings is 1. The summed E-state index contributed by atoms with van der Waals surface area (Å²) in [5, 5.41) is 0. The molecule has 0 aliphatic carbocycles. The van der Waals surface area contributed by atoms with Crippen molar-refractivity contribution >= 4 is 11.6 Å². The van der Waals surface area contributed by atoms with E-state index in [-0.39, 0.29) is 12.0 Å². The van der Waals surface area contributed by atoms with Gasteiger partial charge in [0, 0.05) is 57.6 Å². The van der Waals surface area contributed by atoms with Gasteiger partial charge in [-0.25, -0.2) is 4.98 Å². The van der Waals surface area contributed by atoms with Crippen molar-refractivity contribution in [2.24, 2.45) is 0 Å². The number of benzene rings is 2. The summed E-state index contributed by atoms with van der Waals surface area (Å²) >= 11 is 0. The zero-order valence-corrected chi connectivity index (χ0v) is 22.1. The normalized spacial score (nSPS) is 21.5. The van der Waals surface area contributed by atoms with Crippen LogP contribution in [0, 0.1) is 0 Å². The van der Waals surface area contributed by atoms with Gasteiger partial charge >= 0.3 is 0 Å². The van der Waals surface area contributed by atoms with Crippen LogP contribution in [-0.2, 0) is 27.2 Å². The molecule has 2 aromatic carbocycles. The number of hydrogen-bond donors (Lipinski definition) is 0. The Hall–Kier alpha value is -3.56. The standard InChI is InChI=1S/C29H36N4O5/c1-23(34)32-15-17-33(18-16-32)25-5-9-27(10-6-25)36-19-28-20-37-29(38-28,21-31-14-13-30-22-31)12-11-24-3-7-26(35-2)8-4-24/h3-10,13-14,22,28H,11-12,15-21H2,1-2H3. The quantitative estimate of drug-likeness (QED) is 0.406. The maximum atomic E-state index is 11.6. The second-order valence-electron chi connectivity index (χ2n) is 9.84. The van der Waals surface area contributed by atoms with E-state index < -0.39 is 5.79 Å². The third-order valence-corrected chi connectivity index (χ3v) is 7.21. The lowest BCUT2D eigenvalue weighted by Crippen LogP contribution is -2.48. The van der Waals surface area contributed by atoms with E-state index in [1.165, 1.54) is 5.56 Å². The van der Waals surface area contributed by atoms with Crippen molar-refractivity contribution in [3.05, 3.63) is 72.8 Å². The maximum Gasteiger partial charge on any atom is 0.219 e. The summed E-state index contributed by atoms with van der Waals surface area (Å²) in [4.78, 5) is 19.9. The van der Waals surface area contributed by atoms with Gasteiger partial charge in [0.1, 0.15) is 24.2 Å². The van der Waals surface area contributed by atoms with Gasteiger partial charge in [-0.15, -0.1) is 0 Å². The number of nitrogens with zero attached hydrogens (tertiary/aromatic N) is 4. The number of anilines is 1. The summed E-state index contributed by atoms with van der Waals surface area (Å²) in [5.41, 5.74) is 2.34. The monoisotopic (exact) mass is 520 g/mol. The highest BCUT2D eigenvalue weighted by Crippen LogP contribution is 2.32. The highest BCUT2D eigenvalue weighted by atomic mass is 16.8. The minimum atomic E-state index is -0.749. The van der Waals surface area contributed by atoms with Gasteiger partial charge < -0.3 is 33.3 Å². The van der Waals surface area contributed by atoms with Gasteiger partial charge in [-0.2, -0.15) is 0 Å². The van der Waals surface area contributed by atoms with E-state index in [2.05, 4.69) is 34.1 Å². The van der Waals surface area contributed by atoms with Crippen LogP contribution in [-0.4, -0.2) is 78.8 Å². The van der Waals surface area contributed by atoms with Crippen LogP contribution >= 0.6 is 0 Å². The molecule has 9 nitrogen and oxygen atoms in total. The largest absolute Gasteiger partial charge is 0.497 e. The van der Waals surface area contributed by atoms with Crippen LogP contribution in [0.1, 0.15) is 18.9 Å². The van der Waals surface area contributed by atoms with Crippen molar-refractivity contribution in [2.45, 2.75) is 38.2 Å². The first kappa shape index (κ1) is 26.1.